The Balaban J connectivity index is 1.94. The van der Waals surface area contributed by atoms with Crippen molar-refractivity contribution in [3.63, 3.8) is 0 Å². The molecule has 4 heteroatoms. The summed E-state index contributed by atoms with van der Waals surface area (Å²) in [4.78, 5) is 16.5. The lowest BCUT2D eigenvalue weighted by Gasteiger charge is -2.37. The second kappa shape index (κ2) is 7.05. The van der Waals surface area contributed by atoms with E-state index in [2.05, 4.69) is 4.90 Å². The minimum Gasteiger partial charge on any atom is -0.393 e. The zero-order valence-electron chi connectivity index (χ0n) is 13.2. The summed E-state index contributed by atoms with van der Waals surface area (Å²) in [5.74, 6) is 0.493. The van der Waals surface area contributed by atoms with Crippen molar-refractivity contribution < 1.29 is 9.90 Å². The number of nitrogens with zero attached hydrogens (tertiary/aromatic N) is 2. The first-order chi connectivity index (χ1) is 10.0. The van der Waals surface area contributed by atoms with Crippen LogP contribution in [0.4, 0.5) is 5.69 Å². The first-order valence-corrected chi connectivity index (χ1v) is 7.75. The largest absolute Gasteiger partial charge is 0.393 e. The number of likely N-dealkylation sites (tertiary alicyclic amines) is 1. The van der Waals surface area contributed by atoms with Gasteiger partial charge in [0.1, 0.15) is 0 Å². The Kier molecular flexibility index (Phi) is 5.37. The molecule has 1 fully saturated rings. The number of carbonyl (C=O) groups is 1. The summed E-state index contributed by atoms with van der Waals surface area (Å²) in [6.45, 7) is 5.60. The molecule has 0 spiro atoms. The number of hydrogen-bond acceptors (Lipinski definition) is 3. The highest BCUT2D eigenvalue weighted by molar-refractivity contribution is 5.96. The lowest BCUT2D eigenvalue weighted by atomic mass is 9.91. The van der Waals surface area contributed by atoms with E-state index < -0.39 is 0 Å². The van der Waals surface area contributed by atoms with Crippen molar-refractivity contribution in [1.29, 1.82) is 0 Å². The van der Waals surface area contributed by atoms with E-state index >= 15 is 0 Å². The molecule has 0 aliphatic carbocycles. The van der Waals surface area contributed by atoms with E-state index in [4.69, 9.17) is 0 Å². The van der Waals surface area contributed by atoms with Crippen molar-refractivity contribution in [2.75, 3.05) is 25.0 Å². The van der Waals surface area contributed by atoms with Crippen molar-refractivity contribution in [2.24, 2.45) is 5.92 Å². The summed E-state index contributed by atoms with van der Waals surface area (Å²) in [6, 6.07) is 9.61. The molecule has 1 aromatic rings. The molecule has 1 saturated heterocycles. The fraction of sp³-hybridized carbons (Fsp3) is 0.588. The minimum absolute atomic E-state index is 0.120. The summed E-state index contributed by atoms with van der Waals surface area (Å²) < 4.78 is 0. The van der Waals surface area contributed by atoms with E-state index in [0.29, 0.717) is 5.92 Å². The van der Waals surface area contributed by atoms with Gasteiger partial charge in [0, 0.05) is 12.7 Å². The van der Waals surface area contributed by atoms with Gasteiger partial charge in [-0.05, 0) is 57.8 Å². The molecule has 1 aliphatic heterocycles. The van der Waals surface area contributed by atoms with Gasteiger partial charge in [-0.1, -0.05) is 18.2 Å². The number of rotatable bonds is 4. The minimum atomic E-state index is -0.245. The highest BCUT2D eigenvalue weighted by atomic mass is 16.3. The summed E-state index contributed by atoms with van der Waals surface area (Å²) >= 11 is 0. The van der Waals surface area contributed by atoms with Gasteiger partial charge in [-0.3, -0.25) is 9.69 Å². The average molecular weight is 290 g/mol. The maximum Gasteiger partial charge on any atom is 0.243 e. The number of piperidine rings is 1. The average Bonchev–Trinajstić information content (AvgIpc) is 2.53. The van der Waals surface area contributed by atoms with Gasteiger partial charge in [0.2, 0.25) is 5.91 Å². The third kappa shape index (κ3) is 3.83. The summed E-state index contributed by atoms with van der Waals surface area (Å²) in [7, 11) is 1.83. The number of amides is 1. The lowest BCUT2D eigenvalue weighted by Crippen LogP contribution is -2.49. The molecule has 1 aromatic carbocycles. The molecule has 2 unspecified atom stereocenters. The molecule has 1 N–H and O–H groups in total. The van der Waals surface area contributed by atoms with E-state index in [1.54, 1.807) is 4.90 Å². The lowest BCUT2D eigenvalue weighted by molar-refractivity contribution is -0.123. The Morgan fingerprint density at radius 2 is 1.81 bits per heavy atom. The molecule has 1 aliphatic rings. The second-order valence-corrected chi connectivity index (χ2v) is 6.02. The van der Waals surface area contributed by atoms with E-state index in [1.807, 2.05) is 51.2 Å². The molecule has 2 atom stereocenters. The van der Waals surface area contributed by atoms with Gasteiger partial charge < -0.3 is 10.0 Å². The number of anilines is 1. The van der Waals surface area contributed by atoms with Crippen LogP contribution in [0.5, 0.6) is 0 Å². The van der Waals surface area contributed by atoms with Gasteiger partial charge in [-0.25, -0.2) is 0 Å². The fourth-order valence-electron chi connectivity index (χ4n) is 3.00. The van der Waals surface area contributed by atoms with Gasteiger partial charge >= 0.3 is 0 Å². The van der Waals surface area contributed by atoms with Crippen molar-refractivity contribution >= 4 is 11.6 Å². The Labute approximate surface area is 127 Å². The molecule has 116 valence electrons. The van der Waals surface area contributed by atoms with Crippen LogP contribution in [0.2, 0.25) is 0 Å². The number of para-hydroxylation sites is 1. The summed E-state index contributed by atoms with van der Waals surface area (Å²) in [5.41, 5.74) is 0.924. The molecule has 0 aromatic heterocycles. The highest BCUT2D eigenvalue weighted by Gasteiger charge is 2.29. The van der Waals surface area contributed by atoms with Crippen LogP contribution < -0.4 is 4.90 Å². The fourth-order valence-corrected chi connectivity index (χ4v) is 3.00. The number of hydrogen-bond donors (Lipinski definition) is 1. The normalized spacial score (nSPS) is 20.0. The monoisotopic (exact) mass is 290 g/mol. The van der Waals surface area contributed by atoms with Crippen molar-refractivity contribution in [3.8, 4) is 0 Å². The Hall–Kier alpha value is -1.39. The van der Waals surface area contributed by atoms with Crippen LogP contribution in [-0.4, -0.2) is 48.2 Å². The first kappa shape index (κ1) is 16.0. The zero-order valence-corrected chi connectivity index (χ0v) is 13.2. The third-order valence-corrected chi connectivity index (χ3v) is 4.64. The maximum atomic E-state index is 12.6. The number of likely N-dealkylation sites (N-methyl/N-ethyl adjacent to an activating group) is 1. The van der Waals surface area contributed by atoms with Crippen molar-refractivity contribution in [1.82, 2.24) is 4.90 Å². The van der Waals surface area contributed by atoms with Gasteiger partial charge in [0.05, 0.1) is 12.1 Å². The molecule has 0 bridgehead atoms. The van der Waals surface area contributed by atoms with Crippen LogP contribution in [0.1, 0.15) is 26.7 Å². The van der Waals surface area contributed by atoms with Crippen LogP contribution in [0.3, 0.4) is 0 Å². The molecule has 0 saturated carbocycles. The smallest absolute Gasteiger partial charge is 0.243 e. The predicted molar refractivity (Wildman–Crippen MR) is 85.3 cm³/mol. The van der Waals surface area contributed by atoms with Gasteiger partial charge in [0.25, 0.3) is 0 Å². The quantitative estimate of drug-likeness (QED) is 0.924. The van der Waals surface area contributed by atoms with Gasteiger partial charge in [-0.15, -0.1) is 0 Å². The number of benzene rings is 1. The maximum absolute atomic E-state index is 12.6. The Morgan fingerprint density at radius 3 is 2.33 bits per heavy atom. The molecule has 21 heavy (non-hydrogen) atoms. The van der Waals surface area contributed by atoms with E-state index in [-0.39, 0.29) is 18.1 Å². The molecular weight excluding hydrogens is 264 g/mol. The first-order valence-electron chi connectivity index (χ1n) is 7.75. The standard InChI is InChI=1S/C17H26N2O2/c1-13(19-11-9-15(10-12-19)14(2)20)17(21)18(3)16-7-5-4-6-8-16/h4-8,13-15,20H,9-12H2,1-3H3. The molecule has 0 radical (unpaired) electrons. The van der Waals surface area contributed by atoms with Crippen molar-refractivity contribution in [2.45, 2.75) is 38.8 Å². The van der Waals surface area contributed by atoms with Gasteiger partial charge in [0.15, 0.2) is 0 Å². The summed E-state index contributed by atoms with van der Waals surface area (Å²) in [5, 5.41) is 9.65. The molecule has 1 amide bonds. The van der Waals surface area contributed by atoms with Crippen LogP contribution in [-0.2, 0) is 4.79 Å². The topological polar surface area (TPSA) is 43.8 Å². The van der Waals surface area contributed by atoms with Crippen molar-refractivity contribution in [3.05, 3.63) is 30.3 Å². The number of aliphatic hydroxyl groups excluding tert-OH is 1. The predicted octanol–water partition coefficient (Wildman–Crippen LogP) is 2.13. The molecular formula is C17H26N2O2. The van der Waals surface area contributed by atoms with E-state index in [0.717, 1.165) is 31.6 Å². The van der Waals surface area contributed by atoms with Crippen LogP contribution in [0.25, 0.3) is 0 Å². The number of aliphatic hydroxyl groups is 1. The Bertz CT molecular complexity index is 453. The second-order valence-electron chi connectivity index (χ2n) is 6.02. The van der Waals surface area contributed by atoms with Crippen LogP contribution in [0.15, 0.2) is 30.3 Å². The SMILES string of the molecule is CC(O)C1CCN(C(C)C(=O)N(C)c2ccccc2)CC1. The Morgan fingerprint density at radius 1 is 1.24 bits per heavy atom. The highest BCUT2D eigenvalue weighted by Crippen LogP contribution is 2.23. The molecule has 2 rings (SSSR count). The number of carbonyl (C=O) groups excluding carboxylic acids is 1. The van der Waals surface area contributed by atoms with E-state index in [1.165, 1.54) is 0 Å². The van der Waals surface area contributed by atoms with E-state index in [9.17, 15) is 9.90 Å². The van der Waals surface area contributed by atoms with Gasteiger partial charge in [-0.2, -0.15) is 0 Å². The van der Waals surface area contributed by atoms with Crippen LogP contribution >= 0.6 is 0 Å². The molecule has 4 nitrogen and oxygen atoms in total. The molecule has 1 heterocycles. The summed E-state index contributed by atoms with van der Waals surface area (Å²) in [6.07, 6.45) is 1.68. The third-order valence-electron chi connectivity index (χ3n) is 4.64. The van der Waals surface area contributed by atoms with Crippen LogP contribution in [0, 0.1) is 5.92 Å². The zero-order chi connectivity index (χ0) is 15.4.